The number of nitrogens with zero attached hydrogens (tertiary/aromatic N) is 1. The molecule has 2 aromatic rings. The summed E-state index contributed by atoms with van der Waals surface area (Å²) in [5, 5.41) is 8.99. The Labute approximate surface area is 119 Å². The summed E-state index contributed by atoms with van der Waals surface area (Å²) in [7, 11) is 1.93. The van der Waals surface area contributed by atoms with Crippen LogP contribution in [0.3, 0.4) is 0 Å². The van der Waals surface area contributed by atoms with Crippen LogP contribution in [0, 0.1) is 5.41 Å². The summed E-state index contributed by atoms with van der Waals surface area (Å²) in [6.45, 7) is 2.07. The van der Waals surface area contributed by atoms with Gasteiger partial charge < -0.3 is 4.90 Å². The summed E-state index contributed by atoms with van der Waals surface area (Å²) in [6.07, 6.45) is 0. The van der Waals surface area contributed by atoms with Gasteiger partial charge in [-0.05, 0) is 24.6 Å². The lowest BCUT2D eigenvalue weighted by molar-refractivity contribution is 0.401. The van der Waals surface area contributed by atoms with Gasteiger partial charge in [0.15, 0.2) is 0 Å². The van der Waals surface area contributed by atoms with Crippen molar-refractivity contribution in [3.8, 4) is 0 Å². The topological polar surface area (TPSA) is 27.1 Å². The van der Waals surface area contributed by atoms with E-state index in [0.29, 0.717) is 5.84 Å². The Morgan fingerprint density at radius 2 is 1.79 bits per heavy atom. The smallest absolute Gasteiger partial charge is 0.128 e. The number of halogens is 1. The van der Waals surface area contributed by atoms with E-state index < -0.39 is 0 Å². The Morgan fingerprint density at radius 3 is 2.42 bits per heavy atom. The van der Waals surface area contributed by atoms with Gasteiger partial charge in [0.1, 0.15) is 5.84 Å². The first-order valence-electron chi connectivity index (χ1n) is 6.22. The van der Waals surface area contributed by atoms with Crippen molar-refractivity contribution in [2.45, 2.75) is 13.0 Å². The van der Waals surface area contributed by atoms with Gasteiger partial charge in [-0.2, -0.15) is 0 Å². The van der Waals surface area contributed by atoms with Crippen LogP contribution in [0.2, 0.25) is 5.02 Å². The maximum absolute atomic E-state index is 8.26. The van der Waals surface area contributed by atoms with Gasteiger partial charge in [0.05, 0.1) is 6.04 Å². The van der Waals surface area contributed by atoms with Gasteiger partial charge in [0, 0.05) is 17.6 Å². The van der Waals surface area contributed by atoms with E-state index in [2.05, 4.69) is 6.92 Å². The molecule has 19 heavy (non-hydrogen) atoms. The molecule has 0 amide bonds. The molecule has 98 valence electrons. The van der Waals surface area contributed by atoms with Crippen molar-refractivity contribution >= 4 is 17.4 Å². The maximum atomic E-state index is 8.26. The second-order valence-electron chi connectivity index (χ2n) is 4.56. The first kappa shape index (κ1) is 13.6. The van der Waals surface area contributed by atoms with Crippen LogP contribution in [0.15, 0.2) is 54.6 Å². The van der Waals surface area contributed by atoms with E-state index in [0.717, 1.165) is 16.1 Å². The highest BCUT2D eigenvalue weighted by Gasteiger charge is 2.15. The summed E-state index contributed by atoms with van der Waals surface area (Å²) in [6, 6.07) is 17.6. The molecule has 0 spiro atoms. The highest BCUT2D eigenvalue weighted by atomic mass is 35.5. The van der Waals surface area contributed by atoms with E-state index in [1.165, 1.54) is 0 Å². The van der Waals surface area contributed by atoms with Gasteiger partial charge in [0.2, 0.25) is 0 Å². The molecule has 0 fully saturated rings. The minimum atomic E-state index is 0.103. The fourth-order valence-corrected chi connectivity index (χ4v) is 2.18. The fraction of sp³-hybridized carbons (Fsp3) is 0.188. The number of benzene rings is 2. The fourth-order valence-electron chi connectivity index (χ4n) is 1.98. The standard InChI is InChI=1S/C16H17ClN2/c1-12(14-9-6-10-15(17)11-14)19(2)16(18)13-7-4-3-5-8-13/h3-12,18H,1-2H3. The molecule has 0 aromatic heterocycles. The third-order valence-electron chi connectivity index (χ3n) is 3.31. The lowest BCUT2D eigenvalue weighted by Gasteiger charge is -2.28. The van der Waals surface area contributed by atoms with Gasteiger partial charge in [-0.1, -0.05) is 54.1 Å². The highest BCUT2D eigenvalue weighted by Crippen LogP contribution is 2.23. The van der Waals surface area contributed by atoms with E-state index in [4.69, 9.17) is 17.0 Å². The largest absolute Gasteiger partial charge is 0.353 e. The Hall–Kier alpha value is -1.80. The van der Waals surface area contributed by atoms with Crippen molar-refractivity contribution in [1.29, 1.82) is 5.41 Å². The number of nitrogens with one attached hydrogen (secondary N) is 1. The summed E-state index contributed by atoms with van der Waals surface area (Å²) in [5.41, 5.74) is 2.02. The summed E-state index contributed by atoms with van der Waals surface area (Å²) in [4.78, 5) is 1.95. The number of amidine groups is 1. The van der Waals surface area contributed by atoms with E-state index in [-0.39, 0.29) is 6.04 Å². The first-order chi connectivity index (χ1) is 9.09. The van der Waals surface area contributed by atoms with Crippen LogP contribution < -0.4 is 0 Å². The zero-order valence-corrected chi connectivity index (χ0v) is 11.9. The number of rotatable bonds is 3. The SMILES string of the molecule is CC(c1cccc(Cl)c1)N(C)C(=N)c1ccccc1. The molecule has 2 nitrogen and oxygen atoms in total. The molecular weight excluding hydrogens is 256 g/mol. The molecule has 2 rings (SSSR count). The van der Waals surface area contributed by atoms with Crippen molar-refractivity contribution in [3.05, 3.63) is 70.7 Å². The second kappa shape index (κ2) is 5.89. The van der Waals surface area contributed by atoms with Crippen molar-refractivity contribution in [2.24, 2.45) is 0 Å². The van der Waals surface area contributed by atoms with Gasteiger partial charge >= 0.3 is 0 Å². The third kappa shape index (κ3) is 3.15. The lowest BCUT2D eigenvalue weighted by atomic mass is 10.1. The molecule has 0 saturated heterocycles. The molecule has 3 heteroatoms. The minimum absolute atomic E-state index is 0.103. The van der Waals surface area contributed by atoms with Crippen LogP contribution in [0.4, 0.5) is 0 Å². The second-order valence-corrected chi connectivity index (χ2v) is 4.99. The van der Waals surface area contributed by atoms with Crippen LogP contribution in [0.5, 0.6) is 0 Å². The Kier molecular flexibility index (Phi) is 4.23. The predicted octanol–water partition coefficient (Wildman–Crippen LogP) is 4.36. The van der Waals surface area contributed by atoms with Gasteiger partial charge in [-0.15, -0.1) is 0 Å². The Morgan fingerprint density at radius 1 is 1.11 bits per heavy atom. The van der Waals surface area contributed by atoms with Crippen molar-refractivity contribution in [1.82, 2.24) is 4.90 Å². The molecule has 0 bridgehead atoms. The Balaban J connectivity index is 2.20. The Bertz CT molecular complexity index is 566. The van der Waals surface area contributed by atoms with Crippen LogP contribution >= 0.6 is 11.6 Å². The minimum Gasteiger partial charge on any atom is -0.353 e. The predicted molar refractivity (Wildman–Crippen MR) is 80.9 cm³/mol. The maximum Gasteiger partial charge on any atom is 0.128 e. The number of hydrogen-bond acceptors (Lipinski definition) is 1. The van der Waals surface area contributed by atoms with Gasteiger partial charge in [-0.25, -0.2) is 0 Å². The van der Waals surface area contributed by atoms with Crippen LogP contribution in [-0.4, -0.2) is 17.8 Å². The monoisotopic (exact) mass is 272 g/mol. The van der Waals surface area contributed by atoms with E-state index >= 15 is 0 Å². The zero-order chi connectivity index (χ0) is 13.8. The van der Waals surface area contributed by atoms with Gasteiger partial charge in [0.25, 0.3) is 0 Å². The molecule has 2 aromatic carbocycles. The zero-order valence-electron chi connectivity index (χ0n) is 11.1. The lowest BCUT2D eigenvalue weighted by Crippen LogP contribution is -2.29. The van der Waals surface area contributed by atoms with E-state index in [1.807, 2.05) is 66.5 Å². The average molecular weight is 273 g/mol. The molecule has 0 radical (unpaired) electrons. The van der Waals surface area contributed by atoms with Crippen LogP contribution in [0.25, 0.3) is 0 Å². The molecule has 0 aliphatic carbocycles. The molecule has 1 unspecified atom stereocenters. The molecule has 0 saturated carbocycles. The molecule has 1 N–H and O–H groups in total. The molecular formula is C16H17ClN2. The summed E-state index contributed by atoms with van der Waals surface area (Å²) in [5.74, 6) is 0.507. The van der Waals surface area contributed by atoms with Crippen molar-refractivity contribution < 1.29 is 0 Å². The highest BCUT2D eigenvalue weighted by molar-refractivity contribution is 6.30. The summed E-state index contributed by atoms with van der Waals surface area (Å²) >= 11 is 6.02. The van der Waals surface area contributed by atoms with Crippen LogP contribution in [0.1, 0.15) is 24.1 Å². The average Bonchev–Trinajstić information content (AvgIpc) is 2.46. The molecule has 0 aliphatic heterocycles. The summed E-state index contributed by atoms with van der Waals surface area (Å²) < 4.78 is 0. The van der Waals surface area contributed by atoms with Crippen molar-refractivity contribution in [2.75, 3.05) is 7.05 Å². The van der Waals surface area contributed by atoms with Crippen molar-refractivity contribution in [3.63, 3.8) is 0 Å². The quantitative estimate of drug-likeness (QED) is 0.652. The first-order valence-corrected chi connectivity index (χ1v) is 6.59. The molecule has 0 aliphatic rings. The van der Waals surface area contributed by atoms with E-state index in [9.17, 15) is 0 Å². The molecule has 0 heterocycles. The van der Waals surface area contributed by atoms with Crippen LogP contribution in [-0.2, 0) is 0 Å². The van der Waals surface area contributed by atoms with Gasteiger partial charge in [-0.3, -0.25) is 5.41 Å². The molecule has 1 atom stereocenters. The van der Waals surface area contributed by atoms with E-state index in [1.54, 1.807) is 0 Å². The third-order valence-corrected chi connectivity index (χ3v) is 3.55. The number of hydrogen-bond donors (Lipinski definition) is 1. The normalized spacial score (nSPS) is 11.9.